The first-order chi connectivity index (χ1) is 7.02. The zero-order valence-corrected chi connectivity index (χ0v) is 10.1. The van der Waals surface area contributed by atoms with E-state index in [2.05, 4.69) is 18.7 Å². The van der Waals surface area contributed by atoms with Crippen molar-refractivity contribution in [3.63, 3.8) is 0 Å². The number of nitrogens with zero attached hydrogens (tertiary/aromatic N) is 1. The Kier molecular flexibility index (Phi) is 4.58. The summed E-state index contributed by atoms with van der Waals surface area (Å²) >= 11 is 0. The number of rotatable bonds is 5. The van der Waals surface area contributed by atoms with E-state index in [1.54, 1.807) is 0 Å². The second-order valence-electron chi connectivity index (χ2n) is 4.93. The van der Waals surface area contributed by atoms with E-state index >= 15 is 0 Å². The molecule has 1 rings (SSSR count). The summed E-state index contributed by atoms with van der Waals surface area (Å²) in [6.07, 6.45) is 5.33. The topological polar surface area (TPSA) is 40.5 Å². The molecule has 88 valence electrons. The third kappa shape index (κ3) is 3.49. The minimum Gasteiger partial charge on any atom is -0.481 e. The smallest absolute Gasteiger partial charge is 0.304 e. The van der Waals surface area contributed by atoms with Crippen molar-refractivity contribution < 1.29 is 9.90 Å². The summed E-state index contributed by atoms with van der Waals surface area (Å²) in [6.45, 7) is 6.36. The molecule has 1 aliphatic carbocycles. The highest BCUT2D eigenvalue weighted by Crippen LogP contribution is 2.27. The number of carboxylic acid groups (broad SMARTS) is 1. The van der Waals surface area contributed by atoms with Crippen molar-refractivity contribution in [3.05, 3.63) is 0 Å². The van der Waals surface area contributed by atoms with Gasteiger partial charge in [0.25, 0.3) is 0 Å². The van der Waals surface area contributed by atoms with Crippen LogP contribution in [0.1, 0.15) is 52.9 Å². The molecule has 1 N–H and O–H groups in total. The van der Waals surface area contributed by atoms with E-state index in [0.29, 0.717) is 12.1 Å². The lowest BCUT2D eigenvalue weighted by Crippen LogP contribution is -2.45. The van der Waals surface area contributed by atoms with Crippen LogP contribution in [0.15, 0.2) is 0 Å². The number of hydrogen-bond donors (Lipinski definition) is 1. The fraction of sp³-hybridized carbons (Fsp3) is 0.917. The Morgan fingerprint density at radius 1 is 1.33 bits per heavy atom. The van der Waals surface area contributed by atoms with E-state index in [-0.39, 0.29) is 12.5 Å². The summed E-state index contributed by atoms with van der Waals surface area (Å²) in [5, 5.41) is 8.83. The largest absolute Gasteiger partial charge is 0.481 e. The van der Waals surface area contributed by atoms with Crippen LogP contribution in [-0.4, -0.2) is 34.1 Å². The molecule has 3 nitrogen and oxygen atoms in total. The van der Waals surface area contributed by atoms with Crippen molar-refractivity contribution >= 4 is 5.97 Å². The average molecular weight is 213 g/mol. The first kappa shape index (κ1) is 12.5. The molecule has 3 heteroatoms. The molecule has 0 aliphatic heterocycles. The number of carbonyl (C=O) groups is 1. The summed E-state index contributed by atoms with van der Waals surface area (Å²) in [4.78, 5) is 13.1. The van der Waals surface area contributed by atoms with Crippen LogP contribution in [0.25, 0.3) is 0 Å². The lowest BCUT2D eigenvalue weighted by molar-refractivity contribution is -0.138. The van der Waals surface area contributed by atoms with E-state index in [4.69, 9.17) is 5.11 Å². The van der Waals surface area contributed by atoms with Gasteiger partial charge in [0.2, 0.25) is 0 Å². The predicted molar refractivity (Wildman–Crippen MR) is 60.9 cm³/mol. The van der Waals surface area contributed by atoms with Crippen LogP contribution in [0.2, 0.25) is 0 Å². The Bertz CT molecular complexity index is 210. The molecule has 1 atom stereocenters. The van der Waals surface area contributed by atoms with E-state index < -0.39 is 5.97 Å². The molecular formula is C12H23NO2. The molecule has 15 heavy (non-hydrogen) atoms. The highest BCUT2D eigenvalue weighted by atomic mass is 16.4. The van der Waals surface area contributed by atoms with E-state index in [1.807, 2.05) is 6.92 Å². The van der Waals surface area contributed by atoms with Gasteiger partial charge in [0, 0.05) is 18.1 Å². The molecule has 1 fully saturated rings. The van der Waals surface area contributed by atoms with Gasteiger partial charge in [0.1, 0.15) is 0 Å². The summed E-state index contributed by atoms with van der Waals surface area (Å²) in [6, 6.07) is 1.22. The minimum absolute atomic E-state index is 0.158. The third-order valence-corrected chi connectivity index (χ3v) is 3.32. The van der Waals surface area contributed by atoms with Crippen molar-refractivity contribution in [2.24, 2.45) is 0 Å². The Labute approximate surface area is 92.5 Å². The summed E-state index contributed by atoms with van der Waals surface area (Å²) in [5.41, 5.74) is 0. The van der Waals surface area contributed by atoms with Gasteiger partial charge in [-0.25, -0.2) is 0 Å². The van der Waals surface area contributed by atoms with Gasteiger partial charge >= 0.3 is 5.97 Å². The van der Waals surface area contributed by atoms with Crippen LogP contribution in [-0.2, 0) is 4.79 Å². The van der Waals surface area contributed by atoms with Crippen molar-refractivity contribution in [1.29, 1.82) is 0 Å². The lowest BCUT2D eigenvalue weighted by Gasteiger charge is -2.37. The fourth-order valence-corrected chi connectivity index (χ4v) is 2.85. The summed E-state index contributed by atoms with van der Waals surface area (Å²) in [7, 11) is 0. The maximum atomic E-state index is 10.7. The molecule has 0 aromatic rings. The standard InChI is InChI=1S/C12H23NO2/c1-9(2)13(10(3)8-12(14)15)11-6-4-5-7-11/h9-11H,4-8H2,1-3H3,(H,14,15). The number of carboxylic acids is 1. The molecule has 0 amide bonds. The molecule has 1 unspecified atom stereocenters. The third-order valence-electron chi connectivity index (χ3n) is 3.32. The van der Waals surface area contributed by atoms with Gasteiger partial charge in [-0.05, 0) is 33.6 Å². The van der Waals surface area contributed by atoms with E-state index in [1.165, 1.54) is 25.7 Å². The monoisotopic (exact) mass is 213 g/mol. The van der Waals surface area contributed by atoms with Gasteiger partial charge in [0.05, 0.1) is 6.42 Å². The van der Waals surface area contributed by atoms with E-state index in [9.17, 15) is 4.79 Å². The second-order valence-corrected chi connectivity index (χ2v) is 4.93. The van der Waals surface area contributed by atoms with Gasteiger partial charge in [-0.15, -0.1) is 0 Å². The zero-order chi connectivity index (χ0) is 11.4. The van der Waals surface area contributed by atoms with Crippen LogP contribution in [0.3, 0.4) is 0 Å². The fourth-order valence-electron chi connectivity index (χ4n) is 2.85. The van der Waals surface area contributed by atoms with E-state index in [0.717, 1.165) is 0 Å². The average Bonchev–Trinajstić information content (AvgIpc) is 2.54. The Hall–Kier alpha value is -0.570. The summed E-state index contributed by atoms with van der Waals surface area (Å²) < 4.78 is 0. The molecule has 0 heterocycles. The molecule has 0 spiro atoms. The quantitative estimate of drug-likeness (QED) is 0.762. The van der Waals surface area contributed by atoms with Crippen LogP contribution in [0, 0.1) is 0 Å². The van der Waals surface area contributed by atoms with Crippen LogP contribution < -0.4 is 0 Å². The predicted octanol–water partition coefficient (Wildman–Crippen LogP) is 2.50. The molecule has 0 saturated heterocycles. The van der Waals surface area contributed by atoms with Gasteiger partial charge in [0.15, 0.2) is 0 Å². The second kappa shape index (κ2) is 5.50. The van der Waals surface area contributed by atoms with Crippen molar-refractivity contribution in [2.45, 2.75) is 71.0 Å². The maximum absolute atomic E-state index is 10.7. The van der Waals surface area contributed by atoms with Crippen LogP contribution in [0.5, 0.6) is 0 Å². The molecular weight excluding hydrogens is 190 g/mol. The molecule has 0 bridgehead atoms. The first-order valence-corrected chi connectivity index (χ1v) is 6.01. The Morgan fingerprint density at radius 3 is 2.27 bits per heavy atom. The van der Waals surface area contributed by atoms with Gasteiger partial charge in [-0.3, -0.25) is 9.69 Å². The normalized spacial score (nSPS) is 20.1. The molecule has 0 aromatic carbocycles. The van der Waals surface area contributed by atoms with Gasteiger partial charge in [-0.1, -0.05) is 12.8 Å². The lowest BCUT2D eigenvalue weighted by atomic mass is 10.1. The van der Waals surface area contributed by atoms with Gasteiger partial charge in [-0.2, -0.15) is 0 Å². The van der Waals surface area contributed by atoms with Crippen molar-refractivity contribution in [2.75, 3.05) is 0 Å². The van der Waals surface area contributed by atoms with Crippen LogP contribution >= 0.6 is 0 Å². The minimum atomic E-state index is -0.689. The Morgan fingerprint density at radius 2 is 1.87 bits per heavy atom. The Balaban J connectivity index is 2.59. The number of hydrogen-bond acceptors (Lipinski definition) is 2. The first-order valence-electron chi connectivity index (χ1n) is 6.01. The van der Waals surface area contributed by atoms with Gasteiger partial charge < -0.3 is 5.11 Å². The molecule has 1 saturated carbocycles. The number of aliphatic carboxylic acids is 1. The maximum Gasteiger partial charge on any atom is 0.304 e. The highest BCUT2D eigenvalue weighted by Gasteiger charge is 2.29. The zero-order valence-electron chi connectivity index (χ0n) is 10.1. The van der Waals surface area contributed by atoms with Crippen molar-refractivity contribution in [3.8, 4) is 0 Å². The summed E-state index contributed by atoms with van der Waals surface area (Å²) in [5.74, 6) is -0.689. The molecule has 0 aromatic heterocycles. The molecule has 0 radical (unpaired) electrons. The van der Waals surface area contributed by atoms with Crippen LogP contribution in [0.4, 0.5) is 0 Å². The SMILES string of the molecule is CC(C)N(C(C)CC(=O)O)C1CCCC1. The van der Waals surface area contributed by atoms with Crippen molar-refractivity contribution in [1.82, 2.24) is 4.90 Å². The molecule has 1 aliphatic rings. The highest BCUT2D eigenvalue weighted by molar-refractivity contribution is 5.67.